The predicted molar refractivity (Wildman–Crippen MR) is 139 cm³/mol. The molecule has 0 heterocycles. The minimum absolute atomic E-state index is 0.139. The summed E-state index contributed by atoms with van der Waals surface area (Å²) in [5.74, 6) is -0.946. The first kappa shape index (κ1) is 31.3. The maximum atomic E-state index is 12.5. The molecule has 0 spiro atoms. The number of aldehydes is 2. The van der Waals surface area contributed by atoms with Gasteiger partial charge in [0, 0.05) is 24.1 Å². The fourth-order valence-corrected chi connectivity index (χ4v) is 2.51. The highest BCUT2D eigenvalue weighted by molar-refractivity contribution is 5.76. The summed E-state index contributed by atoms with van der Waals surface area (Å²) in [4.78, 5) is 28.9. The molecule has 6 nitrogen and oxygen atoms in total. The van der Waals surface area contributed by atoms with Crippen LogP contribution < -0.4 is 11.5 Å². The van der Waals surface area contributed by atoms with Crippen molar-refractivity contribution in [3.8, 4) is 11.1 Å². The van der Waals surface area contributed by atoms with Gasteiger partial charge in [-0.2, -0.15) is 0 Å². The molecule has 3 aromatic rings. The van der Waals surface area contributed by atoms with E-state index in [1.54, 1.807) is 19.1 Å². The Bertz CT molecular complexity index is 984. The van der Waals surface area contributed by atoms with E-state index in [4.69, 9.17) is 15.6 Å². The molecule has 35 heavy (non-hydrogen) atoms. The van der Waals surface area contributed by atoms with E-state index in [1.165, 1.54) is 17.7 Å². The van der Waals surface area contributed by atoms with E-state index in [1.807, 2.05) is 56.3 Å². The molecule has 3 aromatic carbocycles. The minimum atomic E-state index is -0.745. The van der Waals surface area contributed by atoms with Crippen LogP contribution in [-0.4, -0.2) is 35.7 Å². The van der Waals surface area contributed by atoms with E-state index in [-0.39, 0.29) is 24.3 Å². The van der Waals surface area contributed by atoms with Gasteiger partial charge in [-0.05, 0) is 49.1 Å². The van der Waals surface area contributed by atoms with Gasteiger partial charge < -0.3 is 21.4 Å². The fourth-order valence-electron chi connectivity index (χ4n) is 2.51. The second kappa shape index (κ2) is 17.8. The summed E-state index contributed by atoms with van der Waals surface area (Å²) in [6.07, 6.45) is 2.50. The molecule has 7 heteroatoms. The van der Waals surface area contributed by atoms with Gasteiger partial charge in [0.25, 0.3) is 0 Å². The van der Waals surface area contributed by atoms with Gasteiger partial charge in [-0.3, -0.25) is 9.59 Å². The van der Waals surface area contributed by atoms with Crippen LogP contribution in [0.15, 0.2) is 78.9 Å². The molecular weight excluding hydrogens is 447 g/mol. The van der Waals surface area contributed by atoms with Crippen molar-refractivity contribution in [2.75, 3.05) is 6.54 Å². The Balaban J connectivity index is 0.000000498. The standard InChI is InChI=1S/C13H10O.C10H14FN.C3H6O2.C2H5NO/c14-10-11-6-8-13(9-7-11)12-4-2-1-3-5-12;1-10(2,12)7-8-3-5-9(11)6-4-8;1-2-3(4)5;3-1-2-4/h1-10H;3-6H,7,12H2,1-2H3;2H2,1H3,(H,4,5);2H,1,3H2. The highest BCUT2D eigenvalue weighted by atomic mass is 19.1. The zero-order valence-electron chi connectivity index (χ0n) is 20.5. The van der Waals surface area contributed by atoms with Crippen LogP contribution in [0.25, 0.3) is 11.1 Å². The first-order valence-electron chi connectivity index (χ1n) is 11.1. The predicted octanol–water partition coefficient (Wildman–Crippen LogP) is 4.90. The quantitative estimate of drug-likeness (QED) is 0.430. The van der Waals surface area contributed by atoms with E-state index in [0.29, 0.717) is 11.8 Å². The summed E-state index contributed by atoms with van der Waals surface area (Å²) in [5, 5.41) is 7.72. The van der Waals surface area contributed by atoms with E-state index in [0.717, 1.165) is 23.8 Å². The average molecular weight is 483 g/mol. The van der Waals surface area contributed by atoms with Crippen molar-refractivity contribution in [2.24, 2.45) is 11.5 Å². The molecule has 0 unspecified atom stereocenters. The minimum Gasteiger partial charge on any atom is -0.481 e. The second-order valence-electron chi connectivity index (χ2n) is 8.05. The van der Waals surface area contributed by atoms with E-state index < -0.39 is 5.97 Å². The summed E-state index contributed by atoms with van der Waals surface area (Å²) in [5.41, 5.74) is 14.3. The first-order valence-corrected chi connectivity index (χ1v) is 11.1. The molecule has 188 valence electrons. The number of benzene rings is 3. The third-order valence-electron chi connectivity index (χ3n) is 4.13. The number of carboxylic acids is 1. The monoisotopic (exact) mass is 482 g/mol. The summed E-state index contributed by atoms with van der Waals surface area (Å²) in [6, 6.07) is 24.1. The largest absolute Gasteiger partial charge is 0.481 e. The summed E-state index contributed by atoms with van der Waals surface area (Å²) < 4.78 is 12.5. The summed E-state index contributed by atoms with van der Waals surface area (Å²) in [6.45, 7) is 5.65. The summed E-state index contributed by atoms with van der Waals surface area (Å²) >= 11 is 0. The van der Waals surface area contributed by atoms with E-state index in [9.17, 15) is 14.0 Å². The van der Waals surface area contributed by atoms with Gasteiger partial charge in [-0.15, -0.1) is 0 Å². The first-order chi connectivity index (χ1) is 16.6. The van der Waals surface area contributed by atoms with Gasteiger partial charge in [-0.25, -0.2) is 4.39 Å². The summed E-state index contributed by atoms with van der Waals surface area (Å²) in [7, 11) is 0. The number of rotatable bonds is 6. The molecule has 0 aliphatic rings. The van der Waals surface area contributed by atoms with Crippen molar-refractivity contribution in [3.63, 3.8) is 0 Å². The van der Waals surface area contributed by atoms with Crippen molar-refractivity contribution >= 4 is 18.5 Å². The normalized spacial score (nSPS) is 9.66. The van der Waals surface area contributed by atoms with Gasteiger partial charge in [0.05, 0.1) is 0 Å². The number of carbonyl (C=O) groups is 3. The molecule has 0 aromatic heterocycles. The van der Waals surface area contributed by atoms with Gasteiger partial charge in [0.1, 0.15) is 18.4 Å². The Morgan fingerprint density at radius 1 is 0.914 bits per heavy atom. The Hall–Kier alpha value is -3.68. The molecule has 5 N–H and O–H groups in total. The lowest BCUT2D eigenvalue weighted by Gasteiger charge is -2.17. The van der Waals surface area contributed by atoms with Crippen LogP contribution in [0.2, 0.25) is 0 Å². The molecular formula is C28H35FN2O4. The maximum absolute atomic E-state index is 12.5. The van der Waals surface area contributed by atoms with Crippen LogP contribution in [0, 0.1) is 5.82 Å². The molecule has 0 aliphatic heterocycles. The molecule has 0 amide bonds. The van der Waals surface area contributed by atoms with Gasteiger partial charge in [0.15, 0.2) is 0 Å². The Morgan fingerprint density at radius 3 is 1.74 bits per heavy atom. The van der Waals surface area contributed by atoms with E-state index >= 15 is 0 Å². The zero-order chi connectivity index (χ0) is 26.7. The number of hydrogen-bond acceptors (Lipinski definition) is 5. The van der Waals surface area contributed by atoms with Gasteiger partial charge in [-0.1, -0.05) is 73.7 Å². The molecule has 0 saturated heterocycles. The van der Waals surface area contributed by atoms with Crippen LogP contribution in [0.1, 0.15) is 43.1 Å². The molecule has 0 aliphatic carbocycles. The van der Waals surface area contributed by atoms with Crippen molar-refractivity contribution in [2.45, 2.75) is 39.2 Å². The Labute approximate surface area is 206 Å². The number of nitrogens with two attached hydrogens (primary N) is 2. The number of halogens is 1. The Morgan fingerprint density at radius 2 is 1.37 bits per heavy atom. The Kier molecular flexibility index (Phi) is 15.9. The lowest BCUT2D eigenvalue weighted by atomic mass is 9.96. The second-order valence-corrected chi connectivity index (χ2v) is 8.05. The fraction of sp³-hybridized carbons (Fsp3) is 0.250. The van der Waals surface area contributed by atoms with Crippen LogP contribution in [0.3, 0.4) is 0 Å². The number of carbonyl (C=O) groups excluding carboxylic acids is 2. The lowest BCUT2D eigenvalue weighted by molar-refractivity contribution is -0.136. The molecule has 0 atom stereocenters. The van der Waals surface area contributed by atoms with Crippen molar-refractivity contribution in [1.82, 2.24) is 0 Å². The number of hydrogen-bond donors (Lipinski definition) is 3. The average Bonchev–Trinajstić information content (AvgIpc) is 2.86. The van der Waals surface area contributed by atoms with Gasteiger partial charge >= 0.3 is 5.97 Å². The number of aliphatic carboxylic acids is 1. The highest BCUT2D eigenvalue weighted by Crippen LogP contribution is 2.18. The third-order valence-corrected chi connectivity index (χ3v) is 4.13. The third kappa shape index (κ3) is 16.6. The van der Waals surface area contributed by atoms with Gasteiger partial charge in [0.2, 0.25) is 0 Å². The van der Waals surface area contributed by atoms with Crippen LogP contribution in [0.4, 0.5) is 4.39 Å². The highest BCUT2D eigenvalue weighted by Gasteiger charge is 2.10. The smallest absolute Gasteiger partial charge is 0.303 e. The van der Waals surface area contributed by atoms with Crippen molar-refractivity contribution in [1.29, 1.82) is 0 Å². The maximum Gasteiger partial charge on any atom is 0.303 e. The van der Waals surface area contributed by atoms with Crippen LogP contribution in [-0.2, 0) is 16.0 Å². The molecule has 0 saturated carbocycles. The molecule has 0 bridgehead atoms. The molecule has 3 rings (SSSR count). The topological polar surface area (TPSA) is 123 Å². The van der Waals surface area contributed by atoms with Crippen LogP contribution in [0.5, 0.6) is 0 Å². The van der Waals surface area contributed by atoms with Crippen LogP contribution >= 0.6 is 0 Å². The SMILES string of the molecule is CC(C)(N)Cc1ccc(F)cc1.CCC(=O)O.NCC=O.O=Cc1ccc(-c2ccccc2)cc1. The zero-order valence-corrected chi connectivity index (χ0v) is 20.5. The van der Waals surface area contributed by atoms with Crippen molar-refractivity contribution < 1.29 is 23.9 Å². The van der Waals surface area contributed by atoms with E-state index in [2.05, 4.69) is 17.9 Å². The molecule has 0 fully saturated rings. The van der Waals surface area contributed by atoms with Crippen molar-refractivity contribution in [3.05, 3.63) is 95.8 Å². The number of carboxylic acid groups (broad SMARTS) is 1. The lowest BCUT2D eigenvalue weighted by Crippen LogP contribution is -2.34. The molecule has 0 radical (unpaired) electrons.